The molecule has 1 heterocycles. The summed E-state index contributed by atoms with van der Waals surface area (Å²) in [7, 11) is 0. The van der Waals surface area contributed by atoms with E-state index in [4.69, 9.17) is 0 Å². The summed E-state index contributed by atoms with van der Waals surface area (Å²) in [5.74, 6) is 0.727. The standard InChI is InChI=1S/C19H19N3O.C10H13N/c1-3-14-4-6-16(7-5-14)19(23)22-17-10-8-15(9-11-17)18-20-12-13(2)21-18;1-2-8-11-9-10-6-4-3-5-7-10/h4-12H,3H2,1-2H3,(H,20,21)(H,22,23);2-7,11H,1,8-9H2. The number of H-pyrrole nitrogens is 1. The molecule has 0 atom stereocenters. The second-order valence-electron chi connectivity index (χ2n) is 7.90. The van der Waals surface area contributed by atoms with E-state index in [-0.39, 0.29) is 5.91 Å². The van der Waals surface area contributed by atoms with Crippen LogP contribution >= 0.6 is 0 Å². The fourth-order valence-corrected chi connectivity index (χ4v) is 3.28. The molecule has 34 heavy (non-hydrogen) atoms. The van der Waals surface area contributed by atoms with E-state index in [9.17, 15) is 4.79 Å². The zero-order valence-electron chi connectivity index (χ0n) is 19.8. The van der Waals surface area contributed by atoms with Crippen LogP contribution in [0.25, 0.3) is 11.4 Å². The van der Waals surface area contributed by atoms with Gasteiger partial charge in [-0.3, -0.25) is 4.79 Å². The van der Waals surface area contributed by atoms with Gasteiger partial charge in [-0.2, -0.15) is 0 Å². The topological polar surface area (TPSA) is 69.8 Å². The number of imidazole rings is 1. The first kappa shape index (κ1) is 24.7. The van der Waals surface area contributed by atoms with Gasteiger partial charge in [0.05, 0.1) is 0 Å². The molecule has 0 radical (unpaired) electrons. The number of amides is 1. The summed E-state index contributed by atoms with van der Waals surface area (Å²) in [6, 6.07) is 25.6. The van der Waals surface area contributed by atoms with Crippen LogP contribution in [0.2, 0.25) is 0 Å². The minimum atomic E-state index is -0.103. The van der Waals surface area contributed by atoms with E-state index in [1.165, 1.54) is 11.1 Å². The number of carbonyl (C=O) groups is 1. The minimum Gasteiger partial charge on any atom is -0.342 e. The number of hydrogen-bond acceptors (Lipinski definition) is 3. The van der Waals surface area contributed by atoms with Crippen LogP contribution in [0.15, 0.2) is 97.7 Å². The number of anilines is 1. The molecular formula is C29H32N4O. The van der Waals surface area contributed by atoms with Crippen molar-refractivity contribution in [1.82, 2.24) is 15.3 Å². The molecule has 0 unspecified atom stereocenters. The van der Waals surface area contributed by atoms with Gasteiger partial charge >= 0.3 is 0 Å². The molecule has 4 aromatic rings. The molecule has 0 saturated carbocycles. The largest absolute Gasteiger partial charge is 0.342 e. The van der Waals surface area contributed by atoms with E-state index in [0.29, 0.717) is 5.56 Å². The Balaban J connectivity index is 0.000000248. The van der Waals surface area contributed by atoms with Gasteiger partial charge in [0, 0.05) is 41.8 Å². The lowest BCUT2D eigenvalue weighted by Crippen LogP contribution is -2.12. The lowest BCUT2D eigenvalue weighted by molar-refractivity contribution is 0.102. The first-order valence-electron chi connectivity index (χ1n) is 11.5. The summed E-state index contributed by atoms with van der Waals surface area (Å²) in [6.07, 6.45) is 4.63. The van der Waals surface area contributed by atoms with Crippen LogP contribution in [-0.4, -0.2) is 22.4 Å². The molecule has 5 nitrogen and oxygen atoms in total. The molecular weight excluding hydrogens is 420 g/mol. The Kier molecular flexibility index (Phi) is 9.38. The van der Waals surface area contributed by atoms with Gasteiger partial charge in [-0.25, -0.2) is 4.98 Å². The van der Waals surface area contributed by atoms with Crippen molar-refractivity contribution in [3.63, 3.8) is 0 Å². The molecule has 4 rings (SSSR count). The van der Waals surface area contributed by atoms with Gasteiger partial charge in [-0.1, -0.05) is 55.5 Å². The van der Waals surface area contributed by atoms with Crippen LogP contribution in [0.3, 0.4) is 0 Å². The zero-order valence-corrected chi connectivity index (χ0v) is 19.8. The van der Waals surface area contributed by atoms with Crippen molar-refractivity contribution in [3.05, 3.63) is 120 Å². The Morgan fingerprint density at radius 2 is 1.68 bits per heavy atom. The molecule has 0 saturated heterocycles. The molecule has 1 aromatic heterocycles. The second kappa shape index (κ2) is 12.9. The van der Waals surface area contributed by atoms with E-state index in [1.54, 1.807) is 6.20 Å². The third kappa shape index (κ3) is 7.57. The van der Waals surface area contributed by atoms with Crippen LogP contribution in [0.5, 0.6) is 0 Å². The fourth-order valence-electron chi connectivity index (χ4n) is 3.28. The minimum absolute atomic E-state index is 0.103. The SMILES string of the molecule is C=CCNCc1ccccc1.CCc1ccc(C(=O)Nc2ccc(-c3ncc(C)[nH]3)cc2)cc1. The Labute approximate surface area is 202 Å². The van der Waals surface area contributed by atoms with Crippen molar-refractivity contribution in [2.45, 2.75) is 26.8 Å². The average Bonchev–Trinajstić information content (AvgIpc) is 3.32. The number of nitrogens with zero attached hydrogens (tertiary/aromatic N) is 1. The van der Waals surface area contributed by atoms with E-state index >= 15 is 0 Å². The van der Waals surface area contributed by atoms with Crippen LogP contribution in [-0.2, 0) is 13.0 Å². The molecule has 5 heteroatoms. The summed E-state index contributed by atoms with van der Waals surface area (Å²) in [5.41, 5.74) is 5.97. The number of aromatic nitrogens is 2. The van der Waals surface area contributed by atoms with Crippen LogP contribution < -0.4 is 10.6 Å². The van der Waals surface area contributed by atoms with Gasteiger partial charge in [-0.05, 0) is 60.9 Å². The van der Waals surface area contributed by atoms with Crippen molar-refractivity contribution in [1.29, 1.82) is 0 Å². The summed E-state index contributed by atoms with van der Waals surface area (Å²) < 4.78 is 0. The molecule has 1 amide bonds. The van der Waals surface area contributed by atoms with E-state index in [2.05, 4.69) is 46.2 Å². The third-order valence-electron chi connectivity index (χ3n) is 5.20. The maximum atomic E-state index is 12.2. The molecule has 0 fully saturated rings. The van der Waals surface area contributed by atoms with Crippen molar-refractivity contribution < 1.29 is 4.79 Å². The monoisotopic (exact) mass is 452 g/mol. The number of aryl methyl sites for hydroxylation is 2. The molecule has 174 valence electrons. The zero-order chi connectivity index (χ0) is 24.2. The Hall–Kier alpha value is -3.96. The number of carbonyl (C=O) groups excluding carboxylic acids is 1. The average molecular weight is 453 g/mol. The fraction of sp³-hybridized carbons (Fsp3) is 0.172. The van der Waals surface area contributed by atoms with Gasteiger partial charge in [-0.15, -0.1) is 6.58 Å². The van der Waals surface area contributed by atoms with Crippen molar-refractivity contribution >= 4 is 11.6 Å². The molecule has 0 aliphatic carbocycles. The Morgan fingerprint density at radius 3 is 2.26 bits per heavy atom. The summed E-state index contributed by atoms with van der Waals surface area (Å²) in [6.45, 7) is 9.48. The molecule has 0 aliphatic heterocycles. The van der Waals surface area contributed by atoms with Crippen LogP contribution in [0.1, 0.15) is 34.1 Å². The van der Waals surface area contributed by atoms with Gasteiger partial charge < -0.3 is 15.6 Å². The Bertz CT molecular complexity index is 1160. The highest BCUT2D eigenvalue weighted by Crippen LogP contribution is 2.19. The van der Waals surface area contributed by atoms with E-state index < -0.39 is 0 Å². The highest BCUT2D eigenvalue weighted by molar-refractivity contribution is 6.04. The summed E-state index contributed by atoms with van der Waals surface area (Å²) >= 11 is 0. The number of rotatable bonds is 8. The smallest absolute Gasteiger partial charge is 0.255 e. The predicted molar refractivity (Wildman–Crippen MR) is 141 cm³/mol. The maximum absolute atomic E-state index is 12.2. The van der Waals surface area contributed by atoms with Gasteiger partial charge in [0.15, 0.2) is 0 Å². The van der Waals surface area contributed by atoms with E-state index in [1.807, 2.05) is 79.7 Å². The summed E-state index contributed by atoms with van der Waals surface area (Å²) in [4.78, 5) is 19.7. The quantitative estimate of drug-likeness (QED) is 0.221. The van der Waals surface area contributed by atoms with Gasteiger partial charge in [0.25, 0.3) is 5.91 Å². The lowest BCUT2D eigenvalue weighted by Gasteiger charge is -2.06. The number of aromatic amines is 1. The van der Waals surface area contributed by atoms with Crippen LogP contribution in [0.4, 0.5) is 5.69 Å². The highest BCUT2D eigenvalue weighted by atomic mass is 16.1. The van der Waals surface area contributed by atoms with Gasteiger partial charge in [0.2, 0.25) is 0 Å². The number of benzene rings is 3. The summed E-state index contributed by atoms with van der Waals surface area (Å²) in [5, 5.41) is 6.14. The molecule has 0 aliphatic rings. The molecule has 3 N–H and O–H groups in total. The normalized spacial score (nSPS) is 10.2. The highest BCUT2D eigenvalue weighted by Gasteiger charge is 2.07. The number of nitrogens with one attached hydrogen (secondary N) is 3. The van der Waals surface area contributed by atoms with Gasteiger partial charge in [0.1, 0.15) is 5.82 Å². The number of hydrogen-bond donors (Lipinski definition) is 3. The van der Waals surface area contributed by atoms with E-state index in [0.717, 1.165) is 42.3 Å². The van der Waals surface area contributed by atoms with Crippen molar-refractivity contribution in [2.24, 2.45) is 0 Å². The maximum Gasteiger partial charge on any atom is 0.255 e. The molecule has 0 spiro atoms. The predicted octanol–water partition coefficient (Wildman–Crippen LogP) is 6.16. The van der Waals surface area contributed by atoms with Crippen LogP contribution in [0, 0.1) is 6.92 Å². The van der Waals surface area contributed by atoms with Crippen molar-refractivity contribution in [3.8, 4) is 11.4 Å². The van der Waals surface area contributed by atoms with Crippen molar-refractivity contribution in [2.75, 3.05) is 11.9 Å². The lowest BCUT2D eigenvalue weighted by atomic mass is 10.1. The first-order valence-corrected chi connectivity index (χ1v) is 11.5. The molecule has 3 aromatic carbocycles. The third-order valence-corrected chi connectivity index (χ3v) is 5.20. The second-order valence-corrected chi connectivity index (χ2v) is 7.90. The molecule has 0 bridgehead atoms. The Morgan fingerprint density at radius 1 is 0.971 bits per heavy atom. The first-order chi connectivity index (χ1) is 16.6.